The number of benzene rings is 3. The molecule has 0 saturated heterocycles. The average Bonchev–Trinajstić information content (AvgIpc) is 2.67. The molecule has 0 aliphatic carbocycles. The third kappa shape index (κ3) is 6.04. The zero-order valence-corrected chi connectivity index (χ0v) is 15.6. The fourth-order valence-corrected chi connectivity index (χ4v) is 2.84. The minimum absolute atomic E-state index is 0.349. The van der Waals surface area contributed by atoms with Gasteiger partial charge in [-0.15, -0.1) is 0 Å². The van der Waals surface area contributed by atoms with Crippen LogP contribution in [0, 0.1) is 0 Å². The summed E-state index contributed by atoms with van der Waals surface area (Å²) in [5, 5.41) is 6.14. The molecule has 0 aliphatic rings. The number of aryl methyl sites for hydroxylation is 1. The van der Waals surface area contributed by atoms with Gasteiger partial charge in [0.25, 0.3) is 0 Å². The van der Waals surface area contributed by atoms with Gasteiger partial charge in [-0.05, 0) is 48.7 Å². The van der Waals surface area contributed by atoms with Gasteiger partial charge in [0.2, 0.25) is 0 Å². The summed E-state index contributed by atoms with van der Waals surface area (Å²) in [6.07, 6.45) is 1.85. The molecule has 4 nitrogen and oxygen atoms in total. The quantitative estimate of drug-likeness (QED) is 0.494. The van der Waals surface area contributed by atoms with E-state index < -0.39 is 0 Å². The number of ether oxygens (including phenoxy) is 1. The van der Waals surface area contributed by atoms with Gasteiger partial charge in [-0.25, -0.2) is 4.79 Å². The van der Waals surface area contributed by atoms with Gasteiger partial charge in [0.15, 0.2) is 0 Å². The number of carbonyl (C=O) groups excluding carboxylic acids is 1. The Morgan fingerprint density at radius 2 is 1.67 bits per heavy atom. The van der Waals surface area contributed by atoms with Crippen molar-refractivity contribution in [3.8, 4) is 5.75 Å². The molecule has 2 amide bonds. The predicted molar refractivity (Wildman–Crippen MR) is 111 cm³/mol. The second-order valence-electron chi connectivity index (χ2n) is 6.02. The van der Waals surface area contributed by atoms with E-state index >= 15 is 0 Å². The van der Waals surface area contributed by atoms with Crippen LogP contribution < -0.4 is 15.4 Å². The number of rotatable bonds is 7. The van der Waals surface area contributed by atoms with Crippen molar-refractivity contribution in [2.24, 2.45) is 0 Å². The lowest BCUT2D eigenvalue weighted by Gasteiger charge is -2.13. The van der Waals surface area contributed by atoms with Gasteiger partial charge in [0, 0.05) is 10.7 Å². The van der Waals surface area contributed by atoms with E-state index in [1.165, 1.54) is 5.56 Å². The summed E-state index contributed by atoms with van der Waals surface area (Å²) >= 11 is 5.94. The van der Waals surface area contributed by atoms with E-state index in [2.05, 4.69) is 22.8 Å². The SMILES string of the molecule is O=C(Nc1cccc(Cl)c1)Nc1ccccc1OCCCc1ccccc1. The van der Waals surface area contributed by atoms with E-state index in [9.17, 15) is 4.79 Å². The summed E-state index contributed by atoms with van der Waals surface area (Å²) < 4.78 is 5.87. The predicted octanol–water partition coefficient (Wildman–Crippen LogP) is 6.00. The fourth-order valence-electron chi connectivity index (χ4n) is 2.65. The van der Waals surface area contributed by atoms with Crippen LogP contribution in [-0.4, -0.2) is 12.6 Å². The molecule has 3 aromatic rings. The van der Waals surface area contributed by atoms with Crippen molar-refractivity contribution in [2.45, 2.75) is 12.8 Å². The number of carbonyl (C=O) groups is 1. The summed E-state index contributed by atoms with van der Waals surface area (Å²) in [5.74, 6) is 0.645. The van der Waals surface area contributed by atoms with Crippen LogP contribution in [-0.2, 0) is 6.42 Å². The van der Waals surface area contributed by atoms with Crippen LogP contribution >= 0.6 is 11.6 Å². The van der Waals surface area contributed by atoms with Crippen LogP contribution in [0.1, 0.15) is 12.0 Å². The molecule has 0 fully saturated rings. The second kappa shape index (κ2) is 9.64. The minimum Gasteiger partial charge on any atom is -0.491 e. The maximum atomic E-state index is 12.2. The Labute approximate surface area is 164 Å². The molecule has 0 saturated carbocycles. The summed E-state index contributed by atoms with van der Waals surface area (Å²) in [7, 11) is 0. The number of para-hydroxylation sites is 2. The van der Waals surface area contributed by atoms with Gasteiger partial charge in [-0.3, -0.25) is 0 Å². The van der Waals surface area contributed by atoms with Gasteiger partial charge in [0.1, 0.15) is 5.75 Å². The summed E-state index contributed by atoms with van der Waals surface area (Å²) in [5.41, 5.74) is 2.53. The van der Waals surface area contributed by atoms with Gasteiger partial charge in [-0.1, -0.05) is 60.1 Å². The molecule has 0 heterocycles. The number of urea groups is 1. The Balaban J connectivity index is 1.53. The van der Waals surface area contributed by atoms with E-state index in [1.807, 2.05) is 42.5 Å². The van der Waals surface area contributed by atoms with E-state index in [-0.39, 0.29) is 6.03 Å². The van der Waals surface area contributed by atoms with Gasteiger partial charge in [0.05, 0.1) is 12.3 Å². The van der Waals surface area contributed by atoms with E-state index in [0.29, 0.717) is 28.8 Å². The van der Waals surface area contributed by atoms with Crippen LogP contribution in [0.5, 0.6) is 5.75 Å². The van der Waals surface area contributed by atoms with Crippen LogP contribution in [0.15, 0.2) is 78.9 Å². The van der Waals surface area contributed by atoms with E-state index in [1.54, 1.807) is 24.3 Å². The number of nitrogens with one attached hydrogen (secondary N) is 2. The molecule has 0 radical (unpaired) electrons. The molecule has 2 N–H and O–H groups in total. The van der Waals surface area contributed by atoms with Crippen molar-refractivity contribution in [1.82, 2.24) is 0 Å². The van der Waals surface area contributed by atoms with Crippen molar-refractivity contribution >= 4 is 29.0 Å². The topological polar surface area (TPSA) is 50.4 Å². The van der Waals surface area contributed by atoms with E-state index in [0.717, 1.165) is 12.8 Å². The van der Waals surface area contributed by atoms with Crippen molar-refractivity contribution in [3.63, 3.8) is 0 Å². The Morgan fingerprint density at radius 3 is 2.48 bits per heavy atom. The lowest BCUT2D eigenvalue weighted by Crippen LogP contribution is -2.20. The lowest BCUT2D eigenvalue weighted by molar-refractivity contribution is 0.261. The first-order valence-corrected chi connectivity index (χ1v) is 9.18. The van der Waals surface area contributed by atoms with Crippen LogP contribution in [0.3, 0.4) is 0 Å². The zero-order valence-electron chi connectivity index (χ0n) is 14.8. The van der Waals surface area contributed by atoms with E-state index in [4.69, 9.17) is 16.3 Å². The molecule has 3 aromatic carbocycles. The number of halogens is 1. The largest absolute Gasteiger partial charge is 0.491 e. The first kappa shape index (κ1) is 18.8. The Hall–Kier alpha value is -2.98. The van der Waals surface area contributed by atoms with Crippen LogP contribution in [0.4, 0.5) is 16.2 Å². The molecule has 0 bridgehead atoms. The van der Waals surface area contributed by atoms with Crippen molar-refractivity contribution in [1.29, 1.82) is 0 Å². The highest BCUT2D eigenvalue weighted by atomic mass is 35.5. The van der Waals surface area contributed by atoms with Gasteiger partial charge < -0.3 is 15.4 Å². The van der Waals surface area contributed by atoms with Crippen LogP contribution in [0.2, 0.25) is 5.02 Å². The fraction of sp³-hybridized carbons (Fsp3) is 0.136. The minimum atomic E-state index is -0.349. The number of hydrogen-bond donors (Lipinski definition) is 2. The number of hydrogen-bond acceptors (Lipinski definition) is 2. The molecule has 0 unspecified atom stereocenters. The van der Waals surface area contributed by atoms with Gasteiger partial charge >= 0.3 is 6.03 Å². The lowest BCUT2D eigenvalue weighted by atomic mass is 10.1. The summed E-state index contributed by atoms with van der Waals surface area (Å²) in [6.45, 7) is 0.573. The highest BCUT2D eigenvalue weighted by Crippen LogP contribution is 2.24. The Bertz CT molecular complexity index is 884. The van der Waals surface area contributed by atoms with Crippen molar-refractivity contribution in [3.05, 3.63) is 89.4 Å². The Kier molecular flexibility index (Phi) is 6.72. The molecule has 0 spiro atoms. The first-order chi connectivity index (χ1) is 13.2. The smallest absolute Gasteiger partial charge is 0.323 e. The molecule has 0 aromatic heterocycles. The molecular formula is C22H21ClN2O2. The third-order valence-electron chi connectivity index (χ3n) is 3.93. The molecule has 27 heavy (non-hydrogen) atoms. The Morgan fingerprint density at radius 1 is 0.889 bits per heavy atom. The molecule has 3 rings (SSSR count). The van der Waals surface area contributed by atoms with Crippen molar-refractivity contribution in [2.75, 3.05) is 17.2 Å². The summed E-state index contributed by atoms with van der Waals surface area (Å²) in [4.78, 5) is 12.2. The average molecular weight is 381 g/mol. The van der Waals surface area contributed by atoms with Gasteiger partial charge in [-0.2, -0.15) is 0 Å². The number of anilines is 2. The first-order valence-electron chi connectivity index (χ1n) is 8.80. The monoisotopic (exact) mass is 380 g/mol. The highest BCUT2D eigenvalue weighted by Gasteiger charge is 2.08. The standard InChI is InChI=1S/C22H21ClN2O2/c23-18-11-6-12-19(16-18)24-22(26)25-20-13-4-5-14-21(20)27-15-7-10-17-8-2-1-3-9-17/h1-6,8-9,11-14,16H,7,10,15H2,(H2,24,25,26). The molecule has 138 valence electrons. The zero-order chi connectivity index (χ0) is 18.9. The highest BCUT2D eigenvalue weighted by molar-refractivity contribution is 6.30. The number of amides is 2. The maximum absolute atomic E-state index is 12.2. The summed E-state index contributed by atoms with van der Waals surface area (Å²) in [6, 6.07) is 24.3. The third-order valence-corrected chi connectivity index (χ3v) is 4.16. The maximum Gasteiger partial charge on any atom is 0.323 e. The molecule has 5 heteroatoms. The molecular weight excluding hydrogens is 360 g/mol. The van der Waals surface area contributed by atoms with Crippen LogP contribution in [0.25, 0.3) is 0 Å². The molecule has 0 aliphatic heterocycles. The second-order valence-corrected chi connectivity index (χ2v) is 6.46. The normalized spacial score (nSPS) is 10.3. The van der Waals surface area contributed by atoms with Crippen molar-refractivity contribution < 1.29 is 9.53 Å². The molecule has 0 atom stereocenters.